The van der Waals surface area contributed by atoms with Crippen LogP contribution in [0.2, 0.25) is 0 Å². The van der Waals surface area contributed by atoms with Crippen LogP contribution in [0.4, 0.5) is 13.2 Å². The first-order valence-corrected chi connectivity index (χ1v) is 5.19. The van der Waals surface area contributed by atoms with Crippen LogP contribution in [-0.2, 0) is 12.7 Å². The quantitative estimate of drug-likeness (QED) is 0.718. The molecule has 0 atom stereocenters. The largest absolute Gasteiger partial charge is 0.417 e. The molecular formula is C10H7F3N2OS. The lowest BCUT2D eigenvalue weighted by Crippen LogP contribution is -2.10. The highest BCUT2D eigenvalue weighted by Gasteiger charge is 2.34. The van der Waals surface area contributed by atoms with Crippen LogP contribution in [0.3, 0.4) is 0 Å². The Morgan fingerprint density at radius 1 is 1.35 bits per heavy atom. The summed E-state index contributed by atoms with van der Waals surface area (Å²) in [6, 6.07) is 3.86. The van der Waals surface area contributed by atoms with Crippen molar-refractivity contribution in [2.45, 2.75) is 17.6 Å². The molecule has 3 nitrogen and oxygen atoms in total. The average Bonchev–Trinajstić information content (AvgIpc) is 2.26. The van der Waals surface area contributed by atoms with Gasteiger partial charge >= 0.3 is 6.18 Å². The smallest absolute Gasteiger partial charge is 0.412 e. The second-order valence-corrected chi connectivity index (χ2v) is 4.07. The third-order valence-corrected chi connectivity index (χ3v) is 3.03. The van der Waals surface area contributed by atoms with Crippen LogP contribution >= 0.6 is 11.8 Å². The monoisotopic (exact) mass is 260 g/mol. The minimum Gasteiger partial charge on any atom is -0.412 e. The minimum atomic E-state index is -4.49. The molecule has 90 valence electrons. The number of nitriles is 1. The second-order valence-electron chi connectivity index (χ2n) is 3.18. The number of alkyl halides is 3. The Balaban J connectivity index is 0.00000144. The Bertz CT molecular complexity index is 505. The predicted octanol–water partition coefficient (Wildman–Crippen LogP) is 2.39. The number of halogens is 3. The summed E-state index contributed by atoms with van der Waals surface area (Å²) in [6.07, 6.45) is -4.49. The summed E-state index contributed by atoms with van der Waals surface area (Å²) in [5.74, 6) is 0. The summed E-state index contributed by atoms with van der Waals surface area (Å²) in [5.41, 5.74) is 0.857. The van der Waals surface area contributed by atoms with E-state index in [9.17, 15) is 13.2 Å². The number of nitrogens with zero attached hydrogens (tertiary/aromatic N) is 2. The van der Waals surface area contributed by atoms with E-state index in [0.29, 0.717) is 10.5 Å². The van der Waals surface area contributed by atoms with Crippen molar-refractivity contribution < 1.29 is 18.6 Å². The highest BCUT2D eigenvalue weighted by atomic mass is 32.2. The number of aliphatic imine (C=N–C) groups is 1. The van der Waals surface area contributed by atoms with Crippen molar-refractivity contribution in [1.29, 1.82) is 5.26 Å². The topological polar surface area (TPSA) is 67.7 Å². The van der Waals surface area contributed by atoms with Crippen LogP contribution < -0.4 is 0 Å². The molecule has 1 aromatic rings. The van der Waals surface area contributed by atoms with Gasteiger partial charge in [-0.3, -0.25) is 4.99 Å². The number of fused-ring (bicyclic) bond motifs is 1. The third kappa shape index (κ3) is 2.60. The van der Waals surface area contributed by atoms with Crippen molar-refractivity contribution in [3.8, 4) is 6.07 Å². The number of rotatable bonds is 0. The molecule has 0 radical (unpaired) electrons. The molecular weight excluding hydrogens is 253 g/mol. The van der Waals surface area contributed by atoms with Crippen LogP contribution in [0.5, 0.6) is 0 Å². The number of hydrogen-bond acceptors (Lipinski definition) is 3. The molecule has 1 heterocycles. The third-order valence-electron chi connectivity index (χ3n) is 2.14. The molecule has 1 aromatic carbocycles. The first kappa shape index (κ1) is 13.5. The zero-order valence-corrected chi connectivity index (χ0v) is 9.19. The number of benzene rings is 1. The fourth-order valence-electron chi connectivity index (χ4n) is 1.41. The van der Waals surface area contributed by atoms with Gasteiger partial charge in [-0.1, -0.05) is 11.8 Å². The van der Waals surface area contributed by atoms with E-state index in [1.165, 1.54) is 17.8 Å². The van der Waals surface area contributed by atoms with Crippen molar-refractivity contribution in [1.82, 2.24) is 0 Å². The SMILES string of the molecule is N#Cc1cc2c(cc1C(F)(F)F)CN=CS2.O. The zero-order chi connectivity index (χ0) is 11.8. The fourth-order valence-corrected chi connectivity index (χ4v) is 2.14. The van der Waals surface area contributed by atoms with Crippen LogP contribution in [0.15, 0.2) is 22.0 Å². The molecule has 0 aromatic heterocycles. The summed E-state index contributed by atoms with van der Waals surface area (Å²) in [4.78, 5) is 4.55. The Kier molecular flexibility index (Phi) is 3.80. The highest BCUT2D eigenvalue weighted by molar-refractivity contribution is 8.12. The molecule has 0 spiro atoms. The molecule has 0 aliphatic carbocycles. The molecule has 0 saturated carbocycles. The molecule has 1 aliphatic rings. The molecule has 0 fully saturated rings. The van der Waals surface area contributed by atoms with Gasteiger partial charge in [-0.25, -0.2) is 0 Å². The zero-order valence-electron chi connectivity index (χ0n) is 8.38. The molecule has 1 aliphatic heterocycles. The molecule has 0 saturated heterocycles. The van der Waals surface area contributed by atoms with E-state index in [-0.39, 0.29) is 17.6 Å². The summed E-state index contributed by atoms with van der Waals surface area (Å²) >= 11 is 1.23. The van der Waals surface area contributed by atoms with E-state index in [2.05, 4.69) is 4.99 Å². The van der Waals surface area contributed by atoms with Gasteiger partial charge in [0.05, 0.1) is 29.3 Å². The number of thioether (sulfide) groups is 1. The van der Waals surface area contributed by atoms with Gasteiger partial charge in [0.15, 0.2) is 0 Å². The lowest BCUT2D eigenvalue weighted by molar-refractivity contribution is -0.137. The standard InChI is InChI=1S/C10H5F3N2S.H2O/c11-10(12,13)8-1-7-4-15-5-16-9(7)2-6(8)3-14;/h1-2,5H,4H2;1H2. The minimum absolute atomic E-state index is 0. The average molecular weight is 260 g/mol. The van der Waals surface area contributed by atoms with E-state index in [0.717, 1.165) is 6.07 Å². The second kappa shape index (κ2) is 4.77. The van der Waals surface area contributed by atoms with E-state index in [4.69, 9.17) is 5.26 Å². The van der Waals surface area contributed by atoms with Gasteiger partial charge in [-0.15, -0.1) is 0 Å². The molecule has 0 bridgehead atoms. The van der Waals surface area contributed by atoms with E-state index < -0.39 is 11.7 Å². The Hall–Kier alpha value is -1.52. The first-order chi connectivity index (χ1) is 7.52. The van der Waals surface area contributed by atoms with E-state index >= 15 is 0 Å². The van der Waals surface area contributed by atoms with Crippen LogP contribution in [0, 0.1) is 11.3 Å². The van der Waals surface area contributed by atoms with Gasteiger partial charge in [0.1, 0.15) is 0 Å². The normalized spacial score (nSPS) is 13.5. The van der Waals surface area contributed by atoms with Gasteiger partial charge < -0.3 is 5.48 Å². The Morgan fingerprint density at radius 3 is 2.65 bits per heavy atom. The van der Waals surface area contributed by atoms with Gasteiger partial charge in [-0.2, -0.15) is 18.4 Å². The molecule has 2 N–H and O–H groups in total. The molecule has 0 unspecified atom stereocenters. The lowest BCUT2D eigenvalue weighted by Gasteiger charge is -2.15. The highest BCUT2D eigenvalue weighted by Crippen LogP contribution is 2.36. The van der Waals surface area contributed by atoms with Crippen molar-refractivity contribution in [3.05, 3.63) is 28.8 Å². The Morgan fingerprint density at radius 2 is 2.06 bits per heavy atom. The van der Waals surface area contributed by atoms with Gasteiger partial charge in [0, 0.05) is 4.90 Å². The van der Waals surface area contributed by atoms with Crippen molar-refractivity contribution in [2.24, 2.45) is 4.99 Å². The van der Waals surface area contributed by atoms with E-state index in [1.54, 1.807) is 11.6 Å². The summed E-state index contributed by atoms with van der Waals surface area (Å²) in [5, 5.41) is 8.69. The maximum Gasteiger partial charge on any atom is 0.417 e. The molecule has 17 heavy (non-hydrogen) atoms. The maximum atomic E-state index is 12.6. The van der Waals surface area contributed by atoms with Crippen molar-refractivity contribution in [3.63, 3.8) is 0 Å². The van der Waals surface area contributed by atoms with Gasteiger partial charge in [0.2, 0.25) is 0 Å². The molecule has 7 heteroatoms. The van der Waals surface area contributed by atoms with Crippen LogP contribution in [0.25, 0.3) is 0 Å². The predicted molar refractivity (Wildman–Crippen MR) is 57.8 cm³/mol. The lowest BCUT2D eigenvalue weighted by atomic mass is 10.0. The molecule has 0 amide bonds. The fraction of sp³-hybridized carbons (Fsp3) is 0.200. The van der Waals surface area contributed by atoms with Crippen LogP contribution in [-0.4, -0.2) is 11.0 Å². The van der Waals surface area contributed by atoms with Gasteiger partial charge in [0.25, 0.3) is 0 Å². The Labute approximate surface area is 99.3 Å². The summed E-state index contributed by atoms with van der Waals surface area (Å²) in [6.45, 7) is 0.233. The summed E-state index contributed by atoms with van der Waals surface area (Å²) in [7, 11) is 0. The van der Waals surface area contributed by atoms with Gasteiger partial charge in [-0.05, 0) is 17.7 Å². The first-order valence-electron chi connectivity index (χ1n) is 4.31. The summed E-state index contributed by atoms with van der Waals surface area (Å²) < 4.78 is 37.8. The van der Waals surface area contributed by atoms with E-state index in [1.807, 2.05) is 0 Å². The number of hydrogen-bond donors (Lipinski definition) is 0. The maximum absolute atomic E-state index is 12.6. The van der Waals surface area contributed by atoms with Crippen molar-refractivity contribution in [2.75, 3.05) is 0 Å². The van der Waals surface area contributed by atoms with Crippen molar-refractivity contribution >= 4 is 17.3 Å². The van der Waals surface area contributed by atoms with Crippen LogP contribution in [0.1, 0.15) is 16.7 Å². The molecule has 2 rings (SSSR count).